The monoisotopic (exact) mass is 256 g/mol. The molecule has 0 atom stereocenters. The predicted molar refractivity (Wildman–Crippen MR) is 73.5 cm³/mol. The van der Waals surface area contributed by atoms with Crippen LogP contribution in [0.4, 0.5) is 17.2 Å². The quantitative estimate of drug-likeness (QED) is 0.652. The van der Waals surface area contributed by atoms with Gasteiger partial charge >= 0.3 is 5.76 Å². The third kappa shape index (κ3) is 2.15. The first kappa shape index (κ1) is 11.3. The van der Waals surface area contributed by atoms with Crippen molar-refractivity contribution in [2.75, 3.05) is 11.1 Å². The number of pyridine rings is 1. The second-order valence-electron chi connectivity index (χ2n) is 4.28. The van der Waals surface area contributed by atoms with E-state index >= 15 is 0 Å². The molecule has 0 aliphatic carbocycles. The fraction of sp³-hybridized carbons (Fsp3) is 0.0769. The van der Waals surface area contributed by atoms with E-state index in [2.05, 4.69) is 15.3 Å². The molecule has 6 heteroatoms. The Morgan fingerprint density at radius 3 is 3.00 bits per heavy atom. The highest BCUT2D eigenvalue weighted by Crippen LogP contribution is 2.21. The lowest BCUT2D eigenvalue weighted by molar-refractivity contribution is 0.555. The lowest BCUT2D eigenvalue weighted by Crippen LogP contribution is -1.97. The van der Waals surface area contributed by atoms with Gasteiger partial charge in [0, 0.05) is 11.8 Å². The van der Waals surface area contributed by atoms with E-state index in [9.17, 15) is 4.79 Å². The number of oxazole rings is 1. The zero-order chi connectivity index (χ0) is 13.4. The van der Waals surface area contributed by atoms with Crippen LogP contribution in [-0.2, 0) is 0 Å². The Labute approximate surface area is 108 Å². The summed E-state index contributed by atoms with van der Waals surface area (Å²) in [5.41, 5.74) is 9.27. The fourth-order valence-electron chi connectivity index (χ4n) is 1.81. The molecule has 1 aromatic carbocycles. The van der Waals surface area contributed by atoms with Crippen molar-refractivity contribution in [3.63, 3.8) is 0 Å². The van der Waals surface area contributed by atoms with E-state index in [0.717, 1.165) is 11.3 Å². The van der Waals surface area contributed by atoms with E-state index in [1.54, 1.807) is 18.3 Å². The molecule has 3 aromatic rings. The van der Waals surface area contributed by atoms with Crippen LogP contribution in [0.2, 0.25) is 0 Å². The molecule has 0 saturated carbocycles. The summed E-state index contributed by atoms with van der Waals surface area (Å²) >= 11 is 0. The molecule has 6 nitrogen and oxygen atoms in total. The molecule has 0 unspecified atom stereocenters. The van der Waals surface area contributed by atoms with E-state index in [1.165, 1.54) is 0 Å². The van der Waals surface area contributed by atoms with Gasteiger partial charge in [-0.1, -0.05) is 0 Å². The third-order valence-electron chi connectivity index (χ3n) is 2.84. The van der Waals surface area contributed by atoms with Gasteiger partial charge in [-0.15, -0.1) is 0 Å². The number of rotatable bonds is 2. The van der Waals surface area contributed by atoms with Gasteiger partial charge in [-0.05, 0) is 30.7 Å². The zero-order valence-electron chi connectivity index (χ0n) is 10.2. The van der Waals surface area contributed by atoms with Crippen LogP contribution in [-0.4, -0.2) is 9.97 Å². The minimum atomic E-state index is -0.464. The van der Waals surface area contributed by atoms with Crippen LogP contribution in [0.15, 0.2) is 39.7 Å². The number of nitrogens with zero attached hydrogens (tertiary/aromatic N) is 1. The predicted octanol–water partition coefficient (Wildman–Crippen LogP) is 2.15. The summed E-state index contributed by atoms with van der Waals surface area (Å²) in [4.78, 5) is 17.8. The van der Waals surface area contributed by atoms with Crippen molar-refractivity contribution in [2.24, 2.45) is 0 Å². The highest BCUT2D eigenvalue weighted by atomic mass is 16.4. The summed E-state index contributed by atoms with van der Waals surface area (Å²) in [5, 5.41) is 3.13. The molecule has 0 bridgehead atoms. The van der Waals surface area contributed by atoms with Crippen molar-refractivity contribution in [1.82, 2.24) is 9.97 Å². The lowest BCUT2D eigenvalue weighted by atomic mass is 10.2. The van der Waals surface area contributed by atoms with E-state index < -0.39 is 5.76 Å². The van der Waals surface area contributed by atoms with E-state index in [0.29, 0.717) is 22.6 Å². The summed E-state index contributed by atoms with van der Waals surface area (Å²) in [6.45, 7) is 1.91. The van der Waals surface area contributed by atoms with Gasteiger partial charge in [-0.25, -0.2) is 9.78 Å². The Morgan fingerprint density at radius 1 is 1.37 bits per heavy atom. The van der Waals surface area contributed by atoms with Gasteiger partial charge < -0.3 is 15.5 Å². The van der Waals surface area contributed by atoms with Gasteiger partial charge in [0.15, 0.2) is 5.58 Å². The van der Waals surface area contributed by atoms with Crippen molar-refractivity contribution in [3.8, 4) is 0 Å². The van der Waals surface area contributed by atoms with Crippen LogP contribution >= 0.6 is 0 Å². The first-order valence-electron chi connectivity index (χ1n) is 5.74. The molecule has 19 heavy (non-hydrogen) atoms. The second kappa shape index (κ2) is 4.16. The average Bonchev–Trinajstić information content (AvgIpc) is 2.73. The number of aromatic nitrogens is 2. The van der Waals surface area contributed by atoms with Crippen LogP contribution < -0.4 is 16.8 Å². The van der Waals surface area contributed by atoms with Crippen LogP contribution in [0.5, 0.6) is 0 Å². The van der Waals surface area contributed by atoms with Crippen molar-refractivity contribution >= 4 is 28.3 Å². The number of nitrogen functional groups attached to an aromatic ring is 1. The number of hydrogen-bond donors (Lipinski definition) is 3. The summed E-state index contributed by atoms with van der Waals surface area (Å²) in [6.07, 6.45) is 1.60. The van der Waals surface area contributed by atoms with Crippen LogP contribution in [0, 0.1) is 6.92 Å². The third-order valence-corrected chi connectivity index (χ3v) is 2.84. The molecular formula is C13H12N4O2. The minimum Gasteiger partial charge on any atom is -0.408 e. The van der Waals surface area contributed by atoms with Gasteiger partial charge in [0.2, 0.25) is 0 Å². The standard InChI is InChI=1S/C13H12N4O2/c1-7-4-12(15-6-9(7)14)16-8-2-3-10-11(5-8)19-13(18)17-10/h2-6H,14H2,1H3,(H,15,16)(H,17,18). The Balaban J connectivity index is 1.95. The number of nitrogens with two attached hydrogens (primary N) is 1. The average molecular weight is 256 g/mol. The molecule has 4 N–H and O–H groups in total. The molecule has 3 rings (SSSR count). The maximum Gasteiger partial charge on any atom is 0.417 e. The second-order valence-corrected chi connectivity index (χ2v) is 4.28. The summed E-state index contributed by atoms with van der Waals surface area (Å²) < 4.78 is 5.00. The topological polar surface area (TPSA) is 96.9 Å². The molecule has 0 aliphatic rings. The first-order valence-corrected chi connectivity index (χ1v) is 5.74. The fourth-order valence-corrected chi connectivity index (χ4v) is 1.81. The smallest absolute Gasteiger partial charge is 0.408 e. The number of hydrogen-bond acceptors (Lipinski definition) is 5. The summed E-state index contributed by atoms with van der Waals surface area (Å²) in [5.74, 6) is 0.220. The van der Waals surface area contributed by atoms with Crippen LogP contribution in [0.3, 0.4) is 0 Å². The molecule has 0 amide bonds. The van der Waals surface area contributed by atoms with Crippen molar-refractivity contribution in [3.05, 3.63) is 46.6 Å². The first-order chi connectivity index (χ1) is 9.11. The van der Waals surface area contributed by atoms with E-state index in [1.807, 2.05) is 19.1 Å². The number of aromatic amines is 1. The Hall–Kier alpha value is -2.76. The SMILES string of the molecule is Cc1cc(Nc2ccc3[nH]c(=O)oc3c2)ncc1N. The van der Waals surface area contributed by atoms with Crippen molar-refractivity contribution in [2.45, 2.75) is 6.92 Å². The Kier molecular flexibility index (Phi) is 2.49. The number of aryl methyl sites for hydroxylation is 1. The number of nitrogens with one attached hydrogen (secondary N) is 2. The Bertz CT molecular complexity index is 804. The molecule has 96 valence electrons. The molecule has 0 radical (unpaired) electrons. The zero-order valence-corrected chi connectivity index (χ0v) is 10.2. The Morgan fingerprint density at radius 2 is 2.21 bits per heavy atom. The molecule has 0 saturated heterocycles. The van der Waals surface area contributed by atoms with Gasteiger partial charge in [-0.3, -0.25) is 4.98 Å². The molecule has 0 fully saturated rings. The summed E-state index contributed by atoms with van der Waals surface area (Å²) in [6, 6.07) is 7.20. The van der Waals surface area contributed by atoms with Gasteiger partial charge in [0.1, 0.15) is 5.82 Å². The maximum absolute atomic E-state index is 11.1. The van der Waals surface area contributed by atoms with Gasteiger partial charge in [-0.2, -0.15) is 0 Å². The van der Waals surface area contributed by atoms with Gasteiger partial charge in [0.05, 0.1) is 17.4 Å². The van der Waals surface area contributed by atoms with E-state index in [4.69, 9.17) is 10.2 Å². The number of benzene rings is 1. The minimum absolute atomic E-state index is 0.464. The molecule has 2 aromatic heterocycles. The van der Waals surface area contributed by atoms with Crippen molar-refractivity contribution in [1.29, 1.82) is 0 Å². The highest BCUT2D eigenvalue weighted by molar-refractivity contribution is 5.78. The largest absolute Gasteiger partial charge is 0.417 e. The number of H-pyrrole nitrogens is 1. The van der Waals surface area contributed by atoms with Crippen molar-refractivity contribution < 1.29 is 4.42 Å². The van der Waals surface area contributed by atoms with Gasteiger partial charge in [0.25, 0.3) is 0 Å². The molecule has 2 heterocycles. The molecule has 0 aliphatic heterocycles. The number of fused-ring (bicyclic) bond motifs is 1. The summed E-state index contributed by atoms with van der Waals surface area (Å²) in [7, 11) is 0. The lowest BCUT2D eigenvalue weighted by Gasteiger charge is -2.07. The highest BCUT2D eigenvalue weighted by Gasteiger charge is 2.03. The maximum atomic E-state index is 11.1. The van der Waals surface area contributed by atoms with Crippen LogP contribution in [0.25, 0.3) is 11.1 Å². The van der Waals surface area contributed by atoms with Crippen LogP contribution in [0.1, 0.15) is 5.56 Å². The number of anilines is 3. The van der Waals surface area contributed by atoms with E-state index in [-0.39, 0.29) is 0 Å². The molecular weight excluding hydrogens is 244 g/mol. The molecule has 0 spiro atoms. The normalized spacial score (nSPS) is 10.8.